The summed E-state index contributed by atoms with van der Waals surface area (Å²) < 4.78 is 5.16. The third kappa shape index (κ3) is 2.84. The predicted octanol–water partition coefficient (Wildman–Crippen LogP) is 2.81. The molecule has 1 aliphatic heterocycles. The monoisotopic (exact) mass is 247 g/mol. The van der Waals surface area contributed by atoms with Crippen molar-refractivity contribution in [2.75, 3.05) is 20.2 Å². The number of likely N-dealkylation sites (tertiary alicyclic amines) is 1. The summed E-state index contributed by atoms with van der Waals surface area (Å²) in [6, 6.07) is 7.39. The molecule has 3 heteroatoms. The van der Waals surface area contributed by atoms with Crippen LogP contribution < -0.4 is 4.74 Å². The minimum absolute atomic E-state index is 0.118. The average Bonchev–Trinajstić information content (AvgIpc) is 2.37. The Kier molecular flexibility index (Phi) is 3.90. The Morgan fingerprint density at radius 2 is 1.94 bits per heavy atom. The third-order valence-corrected chi connectivity index (χ3v) is 3.47. The summed E-state index contributed by atoms with van der Waals surface area (Å²) in [5, 5.41) is 0. The Morgan fingerprint density at radius 3 is 2.56 bits per heavy atom. The number of piperidine rings is 1. The lowest BCUT2D eigenvalue weighted by molar-refractivity contribution is 0.0623. The van der Waals surface area contributed by atoms with Crippen LogP contribution in [0.15, 0.2) is 24.3 Å². The van der Waals surface area contributed by atoms with Crippen molar-refractivity contribution in [1.29, 1.82) is 0 Å². The highest BCUT2D eigenvalue weighted by Gasteiger charge is 2.26. The van der Waals surface area contributed by atoms with Gasteiger partial charge in [0, 0.05) is 18.7 Å². The number of carbonyl (C=O) groups is 1. The van der Waals surface area contributed by atoms with Crippen LogP contribution in [0.1, 0.15) is 30.6 Å². The van der Waals surface area contributed by atoms with Crippen LogP contribution in [0.25, 0.3) is 0 Å². The molecule has 1 amide bonds. The lowest BCUT2D eigenvalue weighted by Gasteiger charge is -2.35. The predicted molar refractivity (Wildman–Crippen MR) is 71.8 cm³/mol. The number of rotatable bonds is 2. The maximum Gasteiger partial charge on any atom is 0.254 e. The van der Waals surface area contributed by atoms with Gasteiger partial charge in [-0.3, -0.25) is 4.79 Å². The van der Waals surface area contributed by atoms with Crippen molar-refractivity contribution < 1.29 is 9.53 Å². The maximum atomic E-state index is 12.4. The van der Waals surface area contributed by atoms with Gasteiger partial charge in [-0.2, -0.15) is 0 Å². The minimum atomic E-state index is 0.118. The summed E-state index contributed by atoms with van der Waals surface area (Å²) in [5.74, 6) is 2.03. The first kappa shape index (κ1) is 12.9. The van der Waals surface area contributed by atoms with Crippen LogP contribution in [0.4, 0.5) is 0 Å². The smallest absolute Gasteiger partial charge is 0.254 e. The van der Waals surface area contributed by atoms with Crippen molar-refractivity contribution in [3.8, 4) is 5.75 Å². The number of nitrogens with zero attached hydrogens (tertiary/aromatic N) is 1. The van der Waals surface area contributed by atoms with Crippen LogP contribution in [0.2, 0.25) is 0 Å². The van der Waals surface area contributed by atoms with E-state index in [-0.39, 0.29) is 5.91 Å². The Balaban J connectivity index is 2.14. The van der Waals surface area contributed by atoms with Crippen molar-refractivity contribution >= 4 is 5.91 Å². The quantitative estimate of drug-likeness (QED) is 0.804. The number of methoxy groups -OCH3 is 1. The van der Waals surface area contributed by atoms with Crippen molar-refractivity contribution in [1.82, 2.24) is 4.90 Å². The van der Waals surface area contributed by atoms with Gasteiger partial charge in [0.2, 0.25) is 0 Å². The molecular weight excluding hydrogens is 226 g/mol. The second-order valence-electron chi connectivity index (χ2n) is 5.39. The number of amides is 1. The standard InChI is InChI=1S/C15H21NO2/c1-11-7-12(2)10-16(9-11)15(17)13-5-4-6-14(8-13)18-3/h4-6,8,11-12H,7,9-10H2,1-3H3/t11-,12-/m0/s1. The van der Waals surface area contributed by atoms with E-state index in [4.69, 9.17) is 4.74 Å². The fraction of sp³-hybridized carbons (Fsp3) is 0.533. The Hall–Kier alpha value is -1.51. The van der Waals surface area contributed by atoms with Crippen LogP contribution in [0.5, 0.6) is 5.75 Å². The van der Waals surface area contributed by atoms with E-state index >= 15 is 0 Å². The number of benzene rings is 1. The van der Waals surface area contributed by atoms with Crippen LogP contribution in [0.3, 0.4) is 0 Å². The van der Waals surface area contributed by atoms with Crippen molar-refractivity contribution in [3.63, 3.8) is 0 Å². The van der Waals surface area contributed by atoms with Crippen molar-refractivity contribution in [2.45, 2.75) is 20.3 Å². The highest BCUT2D eigenvalue weighted by Crippen LogP contribution is 2.23. The van der Waals surface area contributed by atoms with Gasteiger partial charge in [-0.25, -0.2) is 0 Å². The van der Waals surface area contributed by atoms with Gasteiger partial charge in [0.25, 0.3) is 5.91 Å². The molecule has 1 aliphatic rings. The van der Waals surface area contributed by atoms with Gasteiger partial charge in [-0.05, 0) is 36.5 Å². The first-order valence-corrected chi connectivity index (χ1v) is 6.53. The highest BCUT2D eigenvalue weighted by molar-refractivity contribution is 5.94. The fourth-order valence-corrected chi connectivity index (χ4v) is 2.77. The molecule has 0 unspecified atom stereocenters. The minimum Gasteiger partial charge on any atom is -0.497 e. The summed E-state index contributed by atoms with van der Waals surface area (Å²) in [5.41, 5.74) is 0.718. The van der Waals surface area contributed by atoms with Crippen molar-refractivity contribution in [2.24, 2.45) is 11.8 Å². The molecular formula is C15H21NO2. The molecule has 0 aromatic heterocycles. The molecule has 1 saturated heterocycles. The molecule has 2 rings (SSSR count). The number of hydrogen-bond acceptors (Lipinski definition) is 2. The lowest BCUT2D eigenvalue weighted by atomic mass is 9.91. The normalized spacial score (nSPS) is 23.8. The van der Waals surface area contributed by atoms with E-state index in [1.165, 1.54) is 6.42 Å². The first-order chi connectivity index (χ1) is 8.60. The summed E-state index contributed by atoms with van der Waals surface area (Å²) in [4.78, 5) is 14.4. The summed E-state index contributed by atoms with van der Waals surface area (Å²) >= 11 is 0. The van der Waals surface area contributed by atoms with Gasteiger partial charge < -0.3 is 9.64 Å². The highest BCUT2D eigenvalue weighted by atomic mass is 16.5. The Bertz CT molecular complexity index is 420. The third-order valence-electron chi connectivity index (χ3n) is 3.47. The molecule has 18 heavy (non-hydrogen) atoms. The zero-order valence-electron chi connectivity index (χ0n) is 11.3. The number of carbonyl (C=O) groups excluding carboxylic acids is 1. The van der Waals surface area contributed by atoms with Gasteiger partial charge in [0.1, 0.15) is 5.75 Å². The van der Waals surface area contributed by atoms with Crippen LogP contribution in [0, 0.1) is 11.8 Å². The largest absolute Gasteiger partial charge is 0.497 e. The zero-order valence-corrected chi connectivity index (χ0v) is 11.3. The van der Waals surface area contributed by atoms with E-state index in [0.717, 1.165) is 24.4 Å². The molecule has 1 aromatic rings. The summed E-state index contributed by atoms with van der Waals surface area (Å²) in [6.07, 6.45) is 1.21. The van der Waals surface area contributed by atoms with E-state index in [2.05, 4.69) is 13.8 Å². The van der Waals surface area contributed by atoms with Crippen LogP contribution in [-0.2, 0) is 0 Å². The van der Waals surface area contributed by atoms with Gasteiger partial charge >= 0.3 is 0 Å². The summed E-state index contributed by atoms with van der Waals surface area (Å²) in [7, 11) is 1.62. The molecule has 3 nitrogen and oxygen atoms in total. The second-order valence-corrected chi connectivity index (χ2v) is 5.39. The van der Waals surface area contributed by atoms with E-state index in [1.807, 2.05) is 29.2 Å². The van der Waals surface area contributed by atoms with Crippen molar-refractivity contribution in [3.05, 3.63) is 29.8 Å². The molecule has 0 saturated carbocycles. The number of hydrogen-bond donors (Lipinski definition) is 0. The lowest BCUT2D eigenvalue weighted by Crippen LogP contribution is -2.42. The fourth-order valence-electron chi connectivity index (χ4n) is 2.77. The molecule has 0 aliphatic carbocycles. The molecule has 2 atom stereocenters. The summed E-state index contributed by atoms with van der Waals surface area (Å²) in [6.45, 7) is 6.14. The zero-order chi connectivity index (χ0) is 13.1. The molecule has 0 N–H and O–H groups in total. The molecule has 0 spiro atoms. The van der Waals surface area contributed by atoms with Gasteiger partial charge in [-0.1, -0.05) is 19.9 Å². The molecule has 0 bridgehead atoms. The second kappa shape index (κ2) is 5.42. The first-order valence-electron chi connectivity index (χ1n) is 6.53. The SMILES string of the molecule is COc1cccc(C(=O)N2C[C@@H](C)C[C@H](C)C2)c1. The van der Waals surface area contributed by atoms with E-state index in [9.17, 15) is 4.79 Å². The van der Waals surface area contributed by atoms with Gasteiger partial charge in [0.05, 0.1) is 7.11 Å². The van der Waals surface area contributed by atoms with Crippen LogP contribution in [-0.4, -0.2) is 31.0 Å². The molecule has 0 radical (unpaired) electrons. The van der Waals surface area contributed by atoms with Gasteiger partial charge in [-0.15, -0.1) is 0 Å². The van der Waals surface area contributed by atoms with E-state index in [0.29, 0.717) is 11.8 Å². The maximum absolute atomic E-state index is 12.4. The molecule has 1 fully saturated rings. The average molecular weight is 247 g/mol. The topological polar surface area (TPSA) is 29.5 Å². The van der Waals surface area contributed by atoms with E-state index in [1.54, 1.807) is 7.11 Å². The van der Waals surface area contributed by atoms with Crippen LogP contribution >= 0.6 is 0 Å². The Labute approximate surface area is 109 Å². The van der Waals surface area contributed by atoms with E-state index < -0.39 is 0 Å². The molecule has 1 aromatic carbocycles. The van der Waals surface area contributed by atoms with Gasteiger partial charge in [0.15, 0.2) is 0 Å². The molecule has 98 valence electrons. The Morgan fingerprint density at radius 1 is 1.28 bits per heavy atom. The number of ether oxygens (including phenoxy) is 1. The molecule has 1 heterocycles.